The van der Waals surface area contributed by atoms with Gasteiger partial charge in [-0.2, -0.15) is 0 Å². The van der Waals surface area contributed by atoms with Gasteiger partial charge in [0.15, 0.2) is 0 Å². The summed E-state index contributed by atoms with van der Waals surface area (Å²) in [6, 6.07) is 7.53. The van der Waals surface area contributed by atoms with Crippen molar-refractivity contribution >= 4 is 19.8 Å². The van der Waals surface area contributed by atoms with Crippen LogP contribution in [0.1, 0.15) is 84.6 Å². The van der Waals surface area contributed by atoms with Crippen molar-refractivity contribution in [2.24, 2.45) is 0 Å². The van der Waals surface area contributed by atoms with Gasteiger partial charge >= 0.3 is 92.4 Å². The zero-order valence-corrected chi connectivity index (χ0v) is 19.6. The fraction of sp³-hybridized carbons (Fsp3) is 0.727. The molecule has 1 N–H and O–H groups in total. The third kappa shape index (κ3) is 13.1. The summed E-state index contributed by atoms with van der Waals surface area (Å²) in [5.74, 6) is 0.431. The molecule has 0 bridgehead atoms. The molecule has 0 spiro atoms. The fourth-order valence-corrected chi connectivity index (χ4v) is 12.2. The minimum absolute atomic E-state index is 0.431. The molecule has 0 saturated carbocycles. The normalized spacial score (nSPS) is 10.5. The van der Waals surface area contributed by atoms with E-state index in [-0.39, 0.29) is 0 Å². The van der Waals surface area contributed by atoms with Crippen LogP contribution in [0.3, 0.4) is 0 Å². The standard InChI is InChI=1S/C10H14O.3C4H9.Sn/c1-2-3-6-9-7-4-5-8-10(9)11;3*1-3-4-2;/h4-5,7-8,11H,2-3,6H2,1H3;3*1,3-4H2,2H3;. The van der Waals surface area contributed by atoms with Crippen LogP contribution in [-0.4, -0.2) is 24.9 Å². The number of hydrogen-bond donors (Lipinski definition) is 1. The number of phenols is 1. The molecule has 0 fully saturated rings. The Morgan fingerprint density at radius 3 is 1.58 bits per heavy atom. The van der Waals surface area contributed by atoms with Crippen molar-refractivity contribution in [3.8, 4) is 5.75 Å². The van der Waals surface area contributed by atoms with Gasteiger partial charge in [-0.25, -0.2) is 0 Å². The van der Waals surface area contributed by atoms with Gasteiger partial charge in [-0.3, -0.25) is 0 Å². The number of aromatic hydroxyl groups is 1. The van der Waals surface area contributed by atoms with Gasteiger partial charge in [-0.1, -0.05) is 31.5 Å². The Kier molecular flexibility index (Phi) is 17.5. The number of rotatable bonds is 12. The van der Waals surface area contributed by atoms with Crippen LogP contribution in [-0.2, 0) is 6.42 Å². The topological polar surface area (TPSA) is 20.2 Å². The van der Waals surface area contributed by atoms with E-state index in [0.717, 1.165) is 18.4 Å². The quantitative estimate of drug-likeness (QED) is 0.332. The van der Waals surface area contributed by atoms with E-state index in [9.17, 15) is 5.11 Å². The van der Waals surface area contributed by atoms with Crippen molar-refractivity contribution < 1.29 is 5.11 Å². The summed E-state index contributed by atoms with van der Waals surface area (Å²) in [6.07, 6.45) is 12.2. The molecule has 0 aromatic heterocycles. The molecular formula is C22H41OSn. The molecule has 0 aliphatic heterocycles. The molecule has 0 unspecified atom stereocenters. The number of para-hydroxylation sites is 1. The fourth-order valence-electron chi connectivity index (χ4n) is 2.74. The van der Waals surface area contributed by atoms with Crippen LogP contribution in [0, 0.1) is 0 Å². The molecule has 1 aromatic rings. The predicted octanol–water partition coefficient (Wildman–Crippen LogP) is 7.62. The molecule has 1 aromatic carbocycles. The zero-order chi connectivity index (χ0) is 18.0. The van der Waals surface area contributed by atoms with E-state index < -0.39 is 19.8 Å². The number of phenolic OH excluding ortho intramolecular Hbond substituents is 1. The molecule has 2 heteroatoms. The molecule has 1 rings (SSSR count). The van der Waals surface area contributed by atoms with Crippen molar-refractivity contribution in [2.75, 3.05) is 0 Å². The van der Waals surface area contributed by atoms with E-state index in [4.69, 9.17) is 0 Å². The molecule has 1 radical (unpaired) electrons. The van der Waals surface area contributed by atoms with Crippen molar-refractivity contribution in [1.29, 1.82) is 0 Å². The van der Waals surface area contributed by atoms with Gasteiger partial charge in [0, 0.05) is 0 Å². The summed E-state index contributed by atoms with van der Waals surface area (Å²) in [4.78, 5) is 0. The summed E-state index contributed by atoms with van der Waals surface area (Å²) in [7, 11) is 0. The van der Waals surface area contributed by atoms with Gasteiger partial charge in [0.1, 0.15) is 5.75 Å². The molecule has 0 heterocycles. The number of hydrogen-bond acceptors (Lipinski definition) is 1. The predicted molar refractivity (Wildman–Crippen MR) is 112 cm³/mol. The molecule has 0 saturated heterocycles. The first kappa shape index (κ1) is 23.8. The van der Waals surface area contributed by atoms with Crippen LogP contribution < -0.4 is 0 Å². The van der Waals surface area contributed by atoms with Crippen LogP contribution in [0.5, 0.6) is 5.75 Å². The SMILES string of the molecule is CCCCc1ccccc1O.CCC[CH2][Sn]([CH2]CCC)[CH2]CCC. The Morgan fingerprint density at radius 1 is 0.708 bits per heavy atom. The average molecular weight is 440 g/mol. The summed E-state index contributed by atoms with van der Waals surface area (Å²) in [6.45, 7) is 9.15. The van der Waals surface area contributed by atoms with E-state index in [1.165, 1.54) is 44.9 Å². The zero-order valence-electron chi connectivity index (χ0n) is 16.7. The summed E-state index contributed by atoms with van der Waals surface area (Å²) in [5, 5.41) is 9.34. The number of unbranched alkanes of at least 4 members (excludes halogenated alkanes) is 4. The first-order chi connectivity index (χ1) is 11.7. The Morgan fingerprint density at radius 2 is 1.17 bits per heavy atom. The summed E-state index contributed by atoms with van der Waals surface area (Å²) < 4.78 is 5.04. The van der Waals surface area contributed by atoms with E-state index in [1.807, 2.05) is 18.2 Å². The van der Waals surface area contributed by atoms with Crippen LogP contribution in [0.25, 0.3) is 0 Å². The molecule has 0 amide bonds. The van der Waals surface area contributed by atoms with Crippen molar-refractivity contribution in [3.63, 3.8) is 0 Å². The van der Waals surface area contributed by atoms with E-state index in [2.05, 4.69) is 27.7 Å². The Labute approximate surface area is 159 Å². The Hall–Kier alpha value is -0.181. The van der Waals surface area contributed by atoms with Gasteiger partial charge in [0.05, 0.1) is 0 Å². The third-order valence-electron chi connectivity index (χ3n) is 4.44. The van der Waals surface area contributed by atoms with Gasteiger partial charge in [0.2, 0.25) is 0 Å². The Balaban J connectivity index is 0.000000446. The number of benzene rings is 1. The maximum absolute atomic E-state index is 9.34. The van der Waals surface area contributed by atoms with Gasteiger partial charge in [-0.15, -0.1) is 0 Å². The first-order valence-corrected chi connectivity index (χ1v) is 16.3. The second-order valence-corrected chi connectivity index (χ2v) is 15.4. The van der Waals surface area contributed by atoms with Crippen LogP contribution in [0.4, 0.5) is 0 Å². The summed E-state index contributed by atoms with van der Waals surface area (Å²) in [5.41, 5.74) is 1.06. The molecular weight excluding hydrogens is 399 g/mol. The first-order valence-electron chi connectivity index (χ1n) is 10.3. The third-order valence-corrected chi connectivity index (χ3v) is 13.5. The second kappa shape index (κ2) is 17.6. The van der Waals surface area contributed by atoms with Gasteiger partial charge < -0.3 is 5.11 Å². The monoisotopic (exact) mass is 441 g/mol. The summed E-state index contributed by atoms with van der Waals surface area (Å²) >= 11 is -0.839. The van der Waals surface area contributed by atoms with Crippen LogP contribution in [0.15, 0.2) is 24.3 Å². The van der Waals surface area contributed by atoms with Crippen molar-refractivity contribution in [3.05, 3.63) is 29.8 Å². The van der Waals surface area contributed by atoms with Crippen LogP contribution in [0.2, 0.25) is 13.3 Å². The number of aryl methyl sites for hydroxylation is 1. The van der Waals surface area contributed by atoms with Gasteiger partial charge in [-0.05, 0) is 24.5 Å². The van der Waals surface area contributed by atoms with E-state index in [0.29, 0.717) is 5.75 Å². The van der Waals surface area contributed by atoms with Crippen LogP contribution >= 0.6 is 0 Å². The van der Waals surface area contributed by atoms with E-state index in [1.54, 1.807) is 19.4 Å². The molecule has 0 atom stereocenters. The maximum atomic E-state index is 9.34. The molecule has 1 nitrogen and oxygen atoms in total. The molecule has 24 heavy (non-hydrogen) atoms. The molecule has 0 aliphatic carbocycles. The molecule has 0 aliphatic rings. The van der Waals surface area contributed by atoms with Crippen molar-refractivity contribution in [1.82, 2.24) is 0 Å². The van der Waals surface area contributed by atoms with E-state index >= 15 is 0 Å². The Bertz CT molecular complexity index is 359. The van der Waals surface area contributed by atoms with Gasteiger partial charge in [0.25, 0.3) is 0 Å². The minimum atomic E-state index is -0.839. The molecule has 139 valence electrons. The second-order valence-electron chi connectivity index (χ2n) is 6.79. The van der Waals surface area contributed by atoms with Crippen molar-refractivity contribution in [2.45, 2.75) is 98.8 Å². The average Bonchev–Trinajstić information content (AvgIpc) is 2.61.